The average molecular weight is 258 g/mol. The number of hydrogen-bond acceptors (Lipinski definition) is 3. The first-order chi connectivity index (χ1) is 9.24. The molecule has 2 rings (SSSR count). The van der Waals surface area contributed by atoms with E-state index in [0.717, 1.165) is 24.6 Å². The molecule has 1 heterocycles. The Kier molecular flexibility index (Phi) is 4.41. The van der Waals surface area contributed by atoms with Gasteiger partial charge in [-0.25, -0.2) is 0 Å². The van der Waals surface area contributed by atoms with E-state index in [1.54, 1.807) is 4.68 Å². The lowest BCUT2D eigenvalue weighted by molar-refractivity contribution is -0.841. The Bertz CT molecular complexity index is 537. The van der Waals surface area contributed by atoms with Crippen molar-refractivity contribution in [3.05, 3.63) is 41.9 Å². The van der Waals surface area contributed by atoms with Gasteiger partial charge < -0.3 is 4.90 Å². The zero-order valence-corrected chi connectivity index (χ0v) is 11.7. The molecule has 1 aromatic carbocycles. The molecule has 1 aromatic heterocycles. The van der Waals surface area contributed by atoms with Crippen molar-refractivity contribution in [2.75, 3.05) is 13.1 Å². The maximum absolute atomic E-state index is 4.06. The van der Waals surface area contributed by atoms with Crippen LogP contribution in [-0.2, 0) is 0 Å². The minimum absolute atomic E-state index is 0.753. The molecule has 0 bridgehead atoms. The number of rotatable bonds is 5. The van der Waals surface area contributed by atoms with E-state index in [1.807, 2.05) is 18.2 Å². The van der Waals surface area contributed by atoms with E-state index in [0.29, 0.717) is 0 Å². The molecule has 0 aliphatic heterocycles. The van der Waals surface area contributed by atoms with E-state index in [-0.39, 0.29) is 0 Å². The van der Waals surface area contributed by atoms with Gasteiger partial charge in [-0.2, -0.15) is 4.68 Å². The molecule has 5 nitrogen and oxygen atoms in total. The maximum Gasteiger partial charge on any atom is 0.185 e. The quantitative estimate of drug-likeness (QED) is 0.865. The first-order valence-electron chi connectivity index (χ1n) is 6.62. The molecule has 0 spiro atoms. The predicted octanol–water partition coefficient (Wildman–Crippen LogP) is 0.866. The zero-order valence-electron chi connectivity index (χ0n) is 11.7. The van der Waals surface area contributed by atoms with E-state index in [4.69, 9.17) is 0 Å². The van der Waals surface area contributed by atoms with E-state index in [2.05, 4.69) is 54.6 Å². The van der Waals surface area contributed by atoms with Crippen molar-refractivity contribution in [3.8, 4) is 5.69 Å². The molecule has 0 radical (unpaired) electrons. The zero-order chi connectivity index (χ0) is 13.7. The largest absolute Gasteiger partial charge is 0.309 e. The number of benzene rings is 1. The van der Waals surface area contributed by atoms with E-state index >= 15 is 0 Å². The summed E-state index contributed by atoms with van der Waals surface area (Å²) in [5, 5.41) is 11.9. The highest BCUT2D eigenvalue weighted by Crippen LogP contribution is 2.09. The lowest BCUT2D eigenvalue weighted by Crippen LogP contribution is -3.06. The minimum Gasteiger partial charge on any atom is -0.309 e. The third kappa shape index (κ3) is 3.26. The molecule has 0 saturated heterocycles. The van der Waals surface area contributed by atoms with Gasteiger partial charge in [0.15, 0.2) is 5.82 Å². The predicted molar refractivity (Wildman–Crippen MR) is 75.0 cm³/mol. The van der Waals surface area contributed by atoms with Gasteiger partial charge in [-0.1, -0.05) is 17.7 Å². The Morgan fingerprint density at radius 2 is 1.84 bits per heavy atom. The van der Waals surface area contributed by atoms with Crippen LogP contribution in [0.1, 0.15) is 25.2 Å². The van der Waals surface area contributed by atoms with Crippen LogP contribution >= 0.6 is 0 Å². The normalized spacial score (nSPS) is 11.6. The van der Waals surface area contributed by atoms with Crippen LogP contribution in [0, 0.1) is 6.92 Å². The Morgan fingerprint density at radius 3 is 2.47 bits per heavy atom. The third-order valence-electron chi connectivity index (χ3n) is 3.15. The number of nitrogens with one attached hydrogen (secondary N) is 1. The lowest BCUT2D eigenvalue weighted by Gasteiger charge is -2.08. The summed E-state index contributed by atoms with van der Waals surface area (Å²) in [7, 11) is 0. The van der Waals surface area contributed by atoms with E-state index in [9.17, 15) is 0 Å². The number of aryl methyl sites for hydroxylation is 1. The molecule has 100 valence electrons. The number of nitrogens with zero attached hydrogens (tertiary/aromatic N) is 4. The summed E-state index contributed by atoms with van der Waals surface area (Å²) in [4.78, 5) is 1.39. The third-order valence-corrected chi connectivity index (χ3v) is 3.15. The van der Waals surface area contributed by atoms with Crippen molar-refractivity contribution in [3.63, 3.8) is 0 Å². The summed E-state index contributed by atoms with van der Waals surface area (Å²) in [5.41, 5.74) is 2.20. The van der Waals surface area contributed by atoms with Gasteiger partial charge in [0.1, 0.15) is 0 Å². The van der Waals surface area contributed by atoms with Crippen molar-refractivity contribution in [1.82, 2.24) is 20.2 Å². The standard InChI is InChI=1S/C14H19N5/c1-4-18(5-2)11-10-14-15-16-17-19(14)13-8-6-12(3)7-9-13/h6-11H,4-5H2,1-3H3/p+1/b11-10+. The fraction of sp³-hybridized carbons (Fsp3) is 0.357. The van der Waals surface area contributed by atoms with Gasteiger partial charge in [-0.05, 0) is 43.3 Å². The first-order valence-corrected chi connectivity index (χ1v) is 6.62. The average Bonchev–Trinajstić information content (AvgIpc) is 2.89. The molecule has 0 amide bonds. The van der Waals surface area contributed by atoms with Crippen molar-refractivity contribution in [2.45, 2.75) is 20.8 Å². The van der Waals surface area contributed by atoms with Crippen LogP contribution in [0.25, 0.3) is 11.8 Å². The molecule has 5 heteroatoms. The molecular formula is C14H20N5+. The Labute approximate surface area is 113 Å². The van der Waals surface area contributed by atoms with Gasteiger partial charge in [0.25, 0.3) is 0 Å². The summed E-state index contributed by atoms with van der Waals surface area (Å²) >= 11 is 0. The summed E-state index contributed by atoms with van der Waals surface area (Å²) in [6.45, 7) is 8.49. The van der Waals surface area contributed by atoms with Crippen LogP contribution in [-0.4, -0.2) is 33.3 Å². The second kappa shape index (κ2) is 6.24. The van der Waals surface area contributed by atoms with Gasteiger partial charge >= 0.3 is 0 Å². The second-order valence-electron chi connectivity index (χ2n) is 4.48. The van der Waals surface area contributed by atoms with Crippen molar-refractivity contribution < 1.29 is 4.90 Å². The molecule has 2 aromatic rings. The van der Waals surface area contributed by atoms with Crippen LogP contribution in [0.15, 0.2) is 30.5 Å². The van der Waals surface area contributed by atoms with Crippen molar-refractivity contribution >= 4 is 6.08 Å². The van der Waals surface area contributed by atoms with Crippen LogP contribution in [0.2, 0.25) is 0 Å². The fourth-order valence-electron chi connectivity index (χ4n) is 1.85. The van der Waals surface area contributed by atoms with Crippen molar-refractivity contribution in [2.24, 2.45) is 0 Å². The second-order valence-corrected chi connectivity index (χ2v) is 4.48. The molecule has 0 fully saturated rings. The van der Waals surface area contributed by atoms with Crippen LogP contribution in [0.4, 0.5) is 0 Å². The summed E-state index contributed by atoms with van der Waals surface area (Å²) < 4.78 is 1.75. The van der Waals surface area contributed by atoms with E-state index in [1.165, 1.54) is 10.5 Å². The highest BCUT2D eigenvalue weighted by molar-refractivity contribution is 5.43. The van der Waals surface area contributed by atoms with Gasteiger partial charge in [0, 0.05) is 6.08 Å². The van der Waals surface area contributed by atoms with Crippen LogP contribution in [0.3, 0.4) is 0 Å². The molecule has 0 unspecified atom stereocenters. The fourth-order valence-corrected chi connectivity index (χ4v) is 1.85. The monoisotopic (exact) mass is 258 g/mol. The van der Waals surface area contributed by atoms with E-state index < -0.39 is 0 Å². The molecule has 0 atom stereocenters. The van der Waals surface area contributed by atoms with Gasteiger partial charge in [0.05, 0.1) is 25.0 Å². The Hall–Kier alpha value is -2.01. The number of quaternary nitrogens is 1. The molecule has 1 N–H and O–H groups in total. The molecule has 19 heavy (non-hydrogen) atoms. The van der Waals surface area contributed by atoms with Gasteiger partial charge in [-0.15, -0.1) is 5.10 Å². The topological polar surface area (TPSA) is 48.0 Å². The SMILES string of the molecule is CC[NH+](/C=C/c1nnnn1-c1ccc(C)cc1)CC. The number of tetrazole rings is 1. The van der Waals surface area contributed by atoms with Crippen molar-refractivity contribution in [1.29, 1.82) is 0 Å². The van der Waals surface area contributed by atoms with Gasteiger partial charge in [-0.3, -0.25) is 0 Å². The highest BCUT2D eigenvalue weighted by atomic mass is 15.5. The molecule has 0 aliphatic carbocycles. The summed E-state index contributed by atoms with van der Waals surface area (Å²) in [6.07, 6.45) is 4.08. The first kappa shape index (κ1) is 13.4. The van der Waals surface area contributed by atoms with Gasteiger partial charge in [0.2, 0.25) is 0 Å². The number of hydrogen-bond donors (Lipinski definition) is 1. The number of aromatic nitrogens is 4. The maximum atomic E-state index is 4.06. The Balaban J connectivity index is 2.25. The molecule has 0 aliphatic rings. The molecular weight excluding hydrogens is 238 g/mol. The Morgan fingerprint density at radius 1 is 1.16 bits per heavy atom. The summed E-state index contributed by atoms with van der Waals surface area (Å²) in [6, 6.07) is 8.15. The lowest BCUT2D eigenvalue weighted by atomic mass is 10.2. The summed E-state index contributed by atoms with van der Waals surface area (Å²) in [5.74, 6) is 0.753. The smallest absolute Gasteiger partial charge is 0.185 e. The minimum atomic E-state index is 0.753. The van der Waals surface area contributed by atoms with Crippen LogP contribution in [0.5, 0.6) is 0 Å². The molecule has 0 saturated carbocycles. The highest BCUT2D eigenvalue weighted by Gasteiger charge is 2.06. The van der Waals surface area contributed by atoms with Crippen LogP contribution < -0.4 is 4.90 Å².